The van der Waals surface area contributed by atoms with Crippen molar-refractivity contribution in [3.8, 4) is 6.07 Å². The molecule has 2 heterocycles. The van der Waals surface area contributed by atoms with Crippen LogP contribution < -0.4 is 10.6 Å². The number of pyridine rings is 1. The van der Waals surface area contributed by atoms with E-state index >= 15 is 0 Å². The summed E-state index contributed by atoms with van der Waals surface area (Å²) in [5.74, 6) is -0.406. The second-order valence-electron chi connectivity index (χ2n) is 5.32. The molecular formula is C17H14F2N6. The van der Waals surface area contributed by atoms with Gasteiger partial charge in [-0.05, 0) is 24.6 Å². The number of hydrogen-bond acceptors (Lipinski definition) is 5. The highest BCUT2D eigenvalue weighted by molar-refractivity contribution is 5.72. The molecule has 0 radical (unpaired) electrons. The Morgan fingerprint density at radius 3 is 2.60 bits per heavy atom. The topological polar surface area (TPSA) is 89.4 Å². The van der Waals surface area contributed by atoms with Gasteiger partial charge in [-0.2, -0.15) is 10.4 Å². The van der Waals surface area contributed by atoms with Gasteiger partial charge in [0.15, 0.2) is 11.6 Å². The molecule has 3 rings (SSSR count). The van der Waals surface area contributed by atoms with E-state index < -0.39 is 5.82 Å². The van der Waals surface area contributed by atoms with E-state index in [4.69, 9.17) is 0 Å². The third kappa shape index (κ3) is 3.55. The number of anilines is 3. The van der Waals surface area contributed by atoms with Crippen LogP contribution in [0, 0.1) is 23.0 Å². The number of halogens is 2. The quantitative estimate of drug-likeness (QED) is 0.656. The first-order valence-corrected chi connectivity index (χ1v) is 7.46. The molecule has 8 heteroatoms. The normalized spacial score (nSPS) is 11.6. The molecule has 3 N–H and O–H groups in total. The van der Waals surface area contributed by atoms with Crippen molar-refractivity contribution in [2.75, 3.05) is 10.6 Å². The van der Waals surface area contributed by atoms with Gasteiger partial charge in [0.25, 0.3) is 0 Å². The van der Waals surface area contributed by atoms with Crippen molar-refractivity contribution in [3.05, 3.63) is 65.5 Å². The highest BCUT2D eigenvalue weighted by Gasteiger charge is 2.18. The average Bonchev–Trinajstić information content (AvgIpc) is 3.11. The number of aromatic nitrogens is 3. The molecule has 0 spiro atoms. The number of nitrogens with zero attached hydrogens (tertiary/aromatic N) is 3. The van der Waals surface area contributed by atoms with Crippen LogP contribution in [0.5, 0.6) is 0 Å². The van der Waals surface area contributed by atoms with Crippen molar-refractivity contribution in [1.29, 1.82) is 5.26 Å². The van der Waals surface area contributed by atoms with Gasteiger partial charge in [0, 0.05) is 18.3 Å². The number of aromatic amines is 1. The van der Waals surface area contributed by atoms with E-state index in [1.165, 1.54) is 12.1 Å². The Hall–Kier alpha value is -3.47. The summed E-state index contributed by atoms with van der Waals surface area (Å²) in [6.07, 6.45) is 2.60. The zero-order valence-electron chi connectivity index (χ0n) is 13.2. The van der Waals surface area contributed by atoms with Gasteiger partial charge in [0.05, 0.1) is 11.9 Å². The summed E-state index contributed by atoms with van der Waals surface area (Å²) in [5.41, 5.74) is 0.814. The van der Waals surface area contributed by atoms with Crippen LogP contribution in [0.15, 0.2) is 42.7 Å². The smallest absolute Gasteiger partial charge is 0.166 e. The van der Waals surface area contributed by atoms with Crippen LogP contribution >= 0.6 is 0 Å². The second kappa shape index (κ2) is 6.97. The predicted molar refractivity (Wildman–Crippen MR) is 89.2 cm³/mol. The van der Waals surface area contributed by atoms with E-state index in [1.807, 2.05) is 13.0 Å². The van der Waals surface area contributed by atoms with Crippen molar-refractivity contribution < 1.29 is 8.78 Å². The first-order chi connectivity index (χ1) is 12.1. The highest BCUT2D eigenvalue weighted by atomic mass is 19.1. The maximum atomic E-state index is 14.1. The van der Waals surface area contributed by atoms with E-state index in [1.54, 1.807) is 24.4 Å². The summed E-state index contributed by atoms with van der Waals surface area (Å²) >= 11 is 0. The Balaban J connectivity index is 1.91. The summed E-state index contributed by atoms with van der Waals surface area (Å²) in [6, 6.07) is 9.26. The minimum atomic E-state index is -0.667. The molecule has 6 nitrogen and oxygen atoms in total. The van der Waals surface area contributed by atoms with Crippen molar-refractivity contribution >= 4 is 17.3 Å². The van der Waals surface area contributed by atoms with Crippen molar-refractivity contribution in [3.63, 3.8) is 0 Å². The molecule has 0 aliphatic heterocycles. The lowest BCUT2D eigenvalue weighted by atomic mass is 10.1. The van der Waals surface area contributed by atoms with Gasteiger partial charge in [0.2, 0.25) is 0 Å². The fourth-order valence-corrected chi connectivity index (χ4v) is 2.33. The van der Waals surface area contributed by atoms with Gasteiger partial charge < -0.3 is 10.6 Å². The van der Waals surface area contributed by atoms with Crippen LogP contribution in [0.3, 0.4) is 0 Å². The van der Waals surface area contributed by atoms with Crippen LogP contribution in [0.1, 0.15) is 24.1 Å². The molecular weight excluding hydrogens is 326 g/mol. The maximum absolute atomic E-state index is 14.1. The number of H-pyrrole nitrogens is 1. The Kier molecular flexibility index (Phi) is 4.57. The summed E-state index contributed by atoms with van der Waals surface area (Å²) in [5, 5.41) is 21.8. The Morgan fingerprint density at radius 1 is 1.20 bits per heavy atom. The molecule has 0 aliphatic rings. The van der Waals surface area contributed by atoms with Gasteiger partial charge in [-0.3, -0.25) is 5.10 Å². The lowest BCUT2D eigenvalue weighted by Crippen LogP contribution is -2.11. The summed E-state index contributed by atoms with van der Waals surface area (Å²) in [7, 11) is 0. The first kappa shape index (κ1) is 16.4. The SMILES string of the molecule is CC(Nc1ncc(F)c(Nc2cc[nH]n2)c1C#N)c1ccc(F)cc1. The fourth-order valence-electron chi connectivity index (χ4n) is 2.33. The fraction of sp³-hybridized carbons (Fsp3) is 0.118. The molecule has 25 heavy (non-hydrogen) atoms. The molecule has 0 aliphatic carbocycles. The molecule has 2 aromatic heterocycles. The van der Waals surface area contributed by atoms with Crippen LogP contribution in [-0.4, -0.2) is 15.2 Å². The third-order valence-electron chi connectivity index (χ3n) is 3.62. The van der Waals surface area contributed by atoms with Crippen LogP contribution in [0.2, 0.25) is 0 Å². The Bertz CT molecular complexity index is 900. The average molecular weight is 340 g/mol. The maximum Gasteiger partial charge on any atom is 0.166 e. The Morgan fingerprint density at radius 2 is 1.96 bits per heavy atom. The van der Waals surface area contributed by atoms with E-state index in [2.05, 4.69) is 25.8 Å². The van der Waals surface area contributed by atoms with Crippen molar-refractivity contribution in [2.45, 2.75) is 13.0 Å². The molecule has 126 valence electrons. The van der Waals surface area contributed by atoms with Crippen molar-refractivity contribution in [1.82, 2.24) is 15.2 Å². The van der Waals surface area contributed by atoms with E-state index in [0.29, 0.717) is 5.82 Å². The zero-order chi connectivity index (χ0) is 17.8. The Labute approximate surface area is 142 Å². The molecule has 0 amide bonds. The van der Waals surface area contributed by atoms with Crippen molar-refractivity contribution in [2.24, 2.45) is 0 Å². The number of nitriles is 1. The number of rotatable bonds is 5. The molecule has 3 aromatic rings. The van der Waals surface area contributed by atoms with Gasteiger partial charge >= 0.3 is 0 Å². The summed E-state index contributed by atoms with van der Waals surface area (Å²) < 4.78 is 27.2. The van der Waals surface area contributed by atoms with Crippen LogP contribution in [0.4, 0.5) is 26.1 Å². The largest absolute Gasteiger partial charge is 0.362 e. The summed E-state index contributed by atoms with van der Waals surface area (Å²) in [4.78, 5) is 3.97. The lowest BCUT2D eigenvalue weighted by molar-refractivity contribution is 0.624. The second-order valence-corrected chi connectivity index (χ2v) is 5.32. The highest BCUT2D eigenvalue weighted by Crippen LogP contribution is 2.29. The van der Waals surface area contributed by atoms with Gasteiger partial charge in [-0.15, -0.1) is 0 Å². The minimum absolute atomic E-state index is 0.0154. The number of benzene rings is 1. The molecule has 0 bridgehead atoms. The first-order valence-electron chi connectivity index (χ1n) is 7.46. The molecule has 0 fully saturated rings. The van der Waals surface area contributed by atoms with E-state index in [-0.39, 0.29) is 28.9 Å². The van der Waals surface area contributed by atoms with E-state index in [9.17, 15) is 14.0 Å². The molecule has 0 saturated carbocycles. The number of hydrogen-bond donors (Lipinski definition) is 3. The molecule has 1 unspecified atom stereocenters. The minimum Gasteiger partial charge on any atom is -0.362 e. The lowest BCUT2D eigenvalue weighted by Gasteiger charge is -2.17. The molecule has 0 saturated heterocycles. The van der Waals surface area contributed by atoms with Crippen LogP contribution in [-0.2, 0) is 0 Å². The van der Waals surface area contributed by atoms with Crippen LogP contribution in [0.25, 0.3) is 0 Å². The van der Waals surface area contributed by atoms with Gasteiger partial charge in [-0.1, -0.05) is 12.1 Å². The monoisotopic (exact) mass is 340 g/mol. The predicted octanol–water partition coefficient (Wildman–Crippen LogP) is 3.87. The summed E-state index contributed by atoms with van der Waals surface area (Å²) in [6.45, 7) is 1.83. The van der Waals surface area contributed by atoms with E-state index in [0.717, 1.165) is 11.8 Å². The third-order valence-corrected chi connectivity index (χ3v) is 3.62. The standard InChI is InChI=1S/C17H14F2N6/c1-10(11-2-4-12(18)5-3-11)23-17-13(8-20)16(14(19)9-21-17)24-15-6-7-22-25-15/h2-7,9-10H,1H3,(H3,21,22,23,24,25). The molecule has 1 atom stereocenters. The zero-order valence-corrected chi connectivity index (χ0v) is 13.2. The van der Waals surface area contributed by atoms with Gasteiger partial charge in [-0.25, -0.2) is 13.8 Å². The number of nitrogens with one attached hydrogen (secondary N) is 3. The van der Waals surface area contributed by atoms with Gasteiger partial charge in [0.1, 0.15) is 23.3 Å². The molecule has 1 aromatic carbocycles.